The number of benzene rings is 1. The number of likely N-dealkylation sites (tertiary alicyclic amines) is 1. The number of aliphatic hydroxyl groups is 1. The van der Waals surface area contributed by atoms with Crippen LogP contribution in [0.4, 0.5) is 0 Å². The molecule has 6 heteroatoms. The van der Waals surface area contributed by atoms with Gasteiger partial charge < -0.3 is 16.2 Å². The minimum Gasteiger partial charge on any atom is -0.362 e. The molecule has 6 nitrogen and oxygen atoms in total. The van der Waals surface area contributed by atoms with E-state index in [1.807, 2.05) is 30.3 Å². The number of hydrogen-bond acceptors (Lipinski definition) is 4. The fourth-order valence-corrected chi connectivity index (χ4v) is 2.84. The van der Waals surface area contributed by atoms with E-state index in [4.69, 9.17) is 5.73 Å². The smallest absolute Gasteiger partial charge is 0.330 e. The molecule has 1 saturated heterocycles. The molecule has 2 amide bonds. The Bertz CT molecular complexity index is 498. The largest absolute Gasteiger partial charge is 0.362 e. The van der Waals surface area contributed by atoms with Crippen molar-refractivity contribution in [3.63, 3.8) is 0 Å². The van der Waals surface area contributed by atoms with Crippen molar-refractivity contribution < 1.29 is 19.2 Å². The summed E-state index contributed by atoms with van der Waals surface area (Å²) in [5.41, 5.74) is 6.26. The summed E-state index contributed by atoms with van der Waals surface area (Å²) >= 11 is 0. The number of primary amides is 1. The van der Waals surface area contributed by atoms with Crippen molar-refractivity contribution in [3.05, 3.63) is 35.9 Å². The summed E-state index contributed by atoms with van der Waals surface area (Å²) in [6, 6.07) is 9.74. The van der Waals surface area contributed by atoms with Crippen molar-refractivity contribution in [1.82, 2.24) is 5.32 Å². The minimum atomic E-state index is -1.45. The molecule has 1 fully saturated rings. The lowest BCUT2D eigenvalue weighted by Crippen LogP contribution is -2.63. The molecule has 0 bridgehead atoms. The van der Waals surface area contributed by atoms with Gasteiger partial charge in [-0.1, -0.05) is 30.3 Å². The molecule has 1 heterocycles. The van der Waals surface area contributed by atoms with E-state index < -0.39 is 12.1 Å². The molecule has 0 spiro atoms. The van der Waals surface area contributed by atoms with Gasteiger partial charge in [0.15, 0.2) is 0 Å². The number of nitrogens with two attached hydrogens (primary N) is 1. The maximum atomic E-state index is 12.4. The highest BCUT2D eigenvalue weighted by atomic mass is 16.3. The second-order valence-corrected chi connectivity index (χ2v) is 5.45. The molecule has 1 atom stereocenters. The first kappa shape index (κ1) is 15.6. The number of amides is 2. The molecule has 1 unspecified atom stereocenters. The summed E-state index contributed by atoms with van der Waals surface area (Å²) in [6.45, 7) is 1.62. The molecular weight excluding hydrogens is 270 g/mol. The number of carbonyl (C=O) groups is 2. The van der Waals surface area contributed by atoms with E-state index in [2.05, 4.69) is 5.32 Å². The number of rotatable bonds is 6. The van der Waals surface area contributed by atoms with E-state index in [1.165, 1.54) is 0 Å². The van der Waals surface area contributed by atoms with Crippen LogP contribution in [0.5, 0.6) is 0 Å². The van der Waals surface area contributed by atoms with Gasteiger partial charge in [0.2, 0.25) is 0 Å². The Hall–Kier alpha value is -1.76. The van der Waals surface area contributed by atoms with E-state index in [-0.39, 0.29) is 16.9 Å². The third-order valence-electron chi connectivity index (χ3n) is 4.03. The van der Waals surface area contributed by atoms with Gasteiger partial charge in [0, 0.05) is 19.4 Å². The highest BCUT2D eigenvalue weighted by Gasteiger charge is 2.48. The Morgan fingerprint density at radius 3 is 2.43 bits per heavy atom. The SMILES string of the molecule is NC(=O)C(O)[N+]1(C(=O)CNCc2ccccc2)CCCC1. The Morgan fingerprint density at radius 2 is 1.86 bits per heavy atom. The highest BCUT2D eigenvalue weighted by Crippen LogP contribution is 2.23. The summed E-state index contributed by atoms with van der Waals surface area (Å²) in [5, 5.41) is 13.1. The fourth-order valence-electron chi connectivity index (χ4n) is 2.84. The average molecular weight is 292 g/mol. The van der Waals surface area contributed by atoms with Gasteiger partial charge in [-0.3, -0.25) is 4.79 Å². The Kier molecular flexibility index (Phi) is 5.06. The first-order valence-corrected chi connectivity index (χ1v) is 7.18. The molecule has 1 aliphatic heterocycles. The standard InChI is InChI=1S/C15H21N3O3/c16-14(20)15(21)18(8-4-5-9-18)13(19)11-17-10-12-6-2-1-3-7-12/h1-3,6-7,15,17,21H,4-5,8-11H2,(H-,16,20)/p+1. The third kappa shape index (κ3) is 3.47. The van der Waals surface area contributed by atoms with Crippen molar-refractivity contribution in [1.29, 1.82) is 0 Å². The Balaban J connectivity index is 1.95. The quantitative estimate of drug-likeness (QED) is 0.629. The van der Waals surface area contributed by atoms with Crippen molar-refractivity contribution in [3.8, 4) is 0 Å². The van der Waals surface area contributed by atoms with Gasteiger partial charge in [-0.05, 0) is 5.56 Å². The lowest BCUT2D eigenvalue weighted by atomic mass is 10.2. The number of nitrogens with one attached hydrogen (secondary N) is 1. The zero-order valence-corrected chi connectivity index (χ0v) is 12.0. The summed E-state index contributed by atoms with van der Waals surface area (Å²) < 4.78 is -0.239. The summed E-state index contributed by atoms with van der Waals surface area (Å²) in [7, 11) is 0. The van der Waals surface area contributed by atoms with Crippen LogP contribution in [-0.2, 0) is 16.1 Å². The molecule has 0 saturated carbocycles. The van der Waals surface area contributed by atoms with E-state index >= 15 is 0 Å². The van der Waals surface area contributed by atoms with Gasteiger partial charge in [0.25, 0.3) is 6.23 Å². The van der Waals surface area contributed by atoms with Gasteiger partial charge in [-0.25, -0.2) is 9.28 Å². The van der Waals surface area contributed by atoms with E-state index in [0.29, 0.717) is 19.6 Å². The molecule has 21 heavy (non-hydrogen) atoms. The van der Waals surface area contributed by atoms with E-state index in [1.54, 1.807) is 0 Å². The van der Waals surface area contributed by atoms with Gasteiger partial charge in [0.1, 0.15) is 6.54 Å². The second-order valence-electron chi connectivity index (χ2n) is 5.45. The predicted molar refractivity (Wildman–Crippen MR) is 77.6 cm³/mol. The zero-order chi connectivity index (χ0) is 15.3. The number of quaternary nitrogens is 1. The molecule has 1 aliphatic rings. The third-order valence-corrected chi connectivity index (χ3v) is 4.03. The Morgan fingerprint density at radius 1 is 1.24 bits per heavy atom. The van der Waals surface area contributed by atoms with Crippen molar-refractivity contribution in [2.45, 2.75) is 25.6 Å². The second kappa shape index (κ2) is 6.80. The van der Waals surface area contributed by atoms with Gasteiger partial charge in [-0.15, -0.1) is 0 Å². The van der Waals surface area contributed by atoms with E-state index in [9.17, 15) is 14.7 Å². The first-order chi connectivity index (χ1) is 10.1. The lowest BCUT2D eigenvalue weighted by molar-refractivity contribution is -0.879. The molecular formula is C15H22N3O3+. The molecule has 0 aromatic heterocycles. The van der Waals surface area contributed by atoms with Crippen LogP contribution in [0.15, 0.2) is 30.3 Å². The van der Waals surface area contributed by atoms with Crippen LogP contribution in [-0.4, -0.2) is 47.3 Å². The molecule has 0 aliphatic carbocycles. The van der Waals surface area contributed by atoms with Crippen LogP contribution in [0.1, 0.15) is 18.4 Å². The van der Waals surface area contributed by atoms with Crippen LogP contribution < -0.4 is 11.1 Å². The molecule has 1 aromatic rings. The van der Waals surface area contributed by atoms with Crippen LogP contribution in [0, 0.1) is 0 Å². The first-order valence-electron chi connectivity index (χ1n) is 7.18. The average Bonchev–Trinajstić information content (AvgIpc) is 2.98. The monoisotopic (exact) mass is 292 g/mol. The van der Waals surface area contributed by atoms with Gasteiger partial charge >= 0.3 is 11.8 Å². The Labute approximate surface area is 124 Å². The van der Waals surface area contributed by atoms with Gasteiger partial charge in [-0.2, -0.15) is 0 Å². The number of carbonyl (C=O) groups excluding carboxylic acids is 2. The summed E-state index contributed by atoms with van der Waals surface area (Å²) in [6.07, 6.45) is 0.183. The normalized spacial score (nSPS) is 18.3. The summed E-state index contributed by atoms with van der Waals surface area (Å²) in [4.78, 5) is 23.7. The van der Waals surface area contributed by atoms with Gasteiger partial charge in [0.05, 0.1) is 13.1 Å². The maximum absolute atomic E-state index is 12.4. The molecule has 2 rings (SSSR count). The van der Waals surface area contributed by atoms with Crippen LogP contribution in [0.3, 0.4) is 0 Å². The van der Waals surface area contributed by atoms with Crippen LogP contribution >= 0.6 is 0 Å². The molecule has 114 valence electrons. The van der Waals surface area contributed by atoms with Crippen LogP contribution in [0.2, 0.25) is 0 Å². The maximum Gasteiger partial charge on any atom is 0.330 e. The number of aliphatic hydroxyl groups excluding tert-OH is 1. The predicted octanol–water partition coefficient (Wildman–Crippen LogP) is -0.283. The van der Waals surface area contributed by atoms with Crippen molar-refractivity contribution in [2.24, 2.45) is 5.73 Å². The number of nitrogens with zero attached hydrogens (tertiary/aromatic N) is 1. The molecule has 4 N–H and O–H groups in total. The van der Waals surface area contributed by atoms with Crippen molar-refractivity contribution >= 4 is 11.8 Å². The molecule has 1 aromatic carbocycles. The van der Waals surface area contributed by atoms with Crippen LogP contribution in [0.25, 0.3) is 0 Å². The van der Waals surface area contributed by atoms with E-state index in [0.717, 1.165) is 18.4 Å². The zero-order valence-electron chi connectivity index (χ0n) is 12.0. The topological polar surface area (TPSA) is 92.4 Å². The highest BCUT2D eigenvalue weighted by molar-refractivity contribution is 5.81. The summed E-state index contributed by atoms with van der Waals surface area (Å²) in [5.74, 6) is -1.02. The minimum absolute atomic E-state index is 0.110. The van der Waals surface area contributed by atoms with Crippen molar-refractivity contribution in [2.75, 3.05) is 19.6 Å². The lowest BCUT2D eigenvalue weighted by Gasteiger charge is -2.33. The fraction of sp³-hybridized carbons (Fsp3) is 0.467. The number of hydrogen-bond donors (Lipinski definition) is 3. The molecule has 0 radical (unpaired) electrons.